The molecule has 4 nitrogen and oxygen atoms in total. The van der Waals surface area contributed by atoms with Gasteiger partial charge in [-0.3, -0.25) is 0 Å². The second-order valence-corrected chi connectivity index (χ2v) is 3.85. The average Bonchev–Trinajstić information content (AvgIpc) is 2.10. The van der Waals surface area contributed by atoms with E-state index in [9.17, 15) is 9.90 Å². The molecule has 0 aliphatic carbocycles. The molecule has 0 radical (unpaired) electrons. The number of halogens is 1. The van der Waals surface area contributed by atoms with Crippen LogP contribution in [0.5, 0.6) is 5.75 Å². The van der Waals surface area contributed by atoms with Crippen LogP contribution in [-0.2, 0) is 0 Å². The maximum atomic E-state index is 11.3. The van der Waals surface area contributed by atoms with Crippen LogP contribution >= 0.6 is 11.6 Å². The van der Waals surface area contributed by atoms with Gasteiger partial charge in [-0.1, -0.05) is 11.6 Å². The highest BCUT2D eigenvalue weighted by atomic mass is 35.5. The summed E-state index contributed by atoms with van der Waals surface area (Å²) < 4.78 is 0. The fourth-order valence-corrected chi connectivity index (χ4v) is 1.20. The van der Waals surface area contributed by atoms with Crippen LogP contribution < -0.4 is 10.6 Å². The molecule has 1 aromatic carbocycles. The van der Waals surface area contributed by atoms with Crippen molar-refractivity contribution in [1.29, 1.82) is 0 Å². The predicted octanol–water partition coefficient (Wildman–Crippen LogP) is 2.58. The van der Waals surface area contributed by atoms with Crippen LogP contribution in [0.4, 0.5) is 10.5 Å². The number of rotatable bonds is 2. The van der Waals surface area contributed by atoms with E-state index in [1.807, 2.05) is 13.8 Å². The number of urea groups is 1. The third-order valence-corrected chi connectivity index (χ3v) is 1.86. The van der Waals surface area contributed by atoms with Crippen molar-refractivity contribution in [3.63, 3.8) is 0 Å². The Morgan fingerprint density at radius 1 is 1.47 bits per heavy atom. The van der Waals surface area contributed by atoms with Crippen molar-refractivity contribution in [3.05, 3.63) is 23.2 Å². The predicted molar refractivity (Wildman–Crippen MR) is 60.4 cm³/mol. The van der Waals surface area contributed by atoms with Gasteiger partial charge in [0.05, 0.1) is 5.69 Å². The number of hydrogen-bond acceptors (Lipinski definition) is 2. The van der Waals surface area contributed by atoms with Gasteiger partial charge in [-0.05, 0) is 32.0 Å². The topological polar surface area (TPSA) is 61.4 Å². The number of carbonyl (C=O) groups excluding carboxylic acids is 1. The zero-order chi connectivity index (χ0) is 11.4. The molecule has 1 rings (SSSR count). The summed E-state index contributed by atoms with van der Waals surface area (Å²) in [5, 5.41) is 15.0. The molecular formula is C10H13ClN2O2. The Kier molecular flexibility index (Phi) is 3.80. The fourth-order valence-electron chi connectivity index (χ4n) is 1.03. The molecule has 0 saturated heterocycles. The van der Waals surface area contributed by atoms with Gasteiger partial charge in [0.15, 0.2) is 0 Å². The SMILES string of the molecule is CC(C)NC(=O)Nc1cc(Cl)ccc1O. The molecule has 0 atom stereocenters. The third kappa shape index (κ3) is 3.67. The third-order valence-electron chi connectivity index (χ3n) is 1.63. The molecule has 0 aliphatic rings. The average molecular weight is 229 g/mol. The summed E-state index contributed by atoms with van der Waals surface area (Å²) in [5.41, 5.74) is 0.292. The first-order chi connectivity index (χ1) is 6.99. The molecule has 1 aromatic rings. The minimum atomic E-state index is -0.373. The number of phenols is 1. The Balaban J connectivity index is 2.71. The molecule has 0 aliphatic heterocycles. The smallest absolute Gasteiger partial charge is 0.319 e. The fraction of sp³-hybridized carbons (Fsp3) is 0.300. The number of amides is 2. The second-order valence-electron chi connectivity index (χ2n) is 3.41. The molecule has 0 unspecified atom stereocenters. The van der Waals surface area contributed by atoms with Crippen LogP contribution in [0.3, 0.4) is 0 Å². The molecule has 0 spiro atoms. The van der Waals surface area contributed by atoms with Crippen molar-refractivity contribution >= 4 is 23.3 Å². The van der Waals surface area contributed by atoms with Crippen molar-refractivity contribution in [2.75, 3.05) is 5.32 Å². The minimum absolute atomic E-state index is 0.0155. The zero-order valence-corrected chi connectivity index (χ0v) is 9.30. The van der Waals surface area contributed by atoms with E-state index >= 15 is 0 Å². The molecule has 0 aromatic heterocycles. The van der Waals surface area contributed by atoms with Gasteiger partial charge in [-0.15, -0.1) is 0 Å². The van der Waals surface area contributed by atoms with Crippen LogP contribution in [0.15, 0.2) is 18.2 Å². The van der Waals surface area contributed by atoms with Crippen LogP contribution in [-0.4, -0.2) is 17.2 Å². The van der Waals surface area contributed by atoms with Crippen LogP contribution in [0, 0.1) is 0 Å². The van der Waals surface area contributed by atoms with Crippen molar-refractivity contribution in [2.45, 2.75) is 19.9 Å². The van der Waals surface area contributed by atoms with E-state index < -0.39 is 0 Å². The Labute approximate surface area is 93.2 Å². The number of phenolic OH excluding ortho intramolecular Hbond substituents is 1. The van der Waals surface area contributed by atoms with E-state index in [2.05, 4.69) is 10.6 Å². The van der Waals surface area contributed by atoms with Gasteiger partial charge in [0.1, 0.15) is 5.75 Å². The van der Waals surface area contributed by atoms with Crippen LogP contribution in [0.25, 0.3) is 0 Å². The summed E-state index contributed by atoms with van der Waals surface area (Å²) >= 11 is 5.72. The second kappa shape index (κ2) is 4.89. The highest BCUT2D eigenvalue weighted by molar-refractivity contribution is 6.31. The molecule has 0 bridgehead atoms. The Bertz CT molecular complexity index is 366. The number of nitrogens with one attached hydrogen (secondary N) is 2. The van der Waals surface area contributed by atoms with Gasteiger partial charge < -0.3 is 15.7 Å². The Hall–Kier alpha value is -1.42. The first-order valence-corrected chi connectivity index (χ1v) is 4.93. The van der Waals surface area contributed by atoms with Gasteiger partial charge in [-0.25, -0.2) is 4.79 Å². The highest BCUT2D eigenvalue weighted by Crippen LogP contribution is 2.26. The first-order valence-electron chi connectivity index (χ1n) is 4.55. The lowest BCUT2D eigenvalue weighted by Gasteiger charge is -2.11. The van der Waals surface area contributed by atoms with E-state index in [0.717, 1.165) is 0 Å². The highest BCUT2D eigenvalue weighted by Gasteiger charge is 2.07. The monoisotopic (exact) mass is 228 g/mol. The molecule has 82 valence electrons. The van der Waals surface area contributed by atoms with Gasteiger partial charge >= 0.3 is 6.03 Å². The van der Waals surface area contributed by atoms with Crippen molar-refractivity contribution in [2.24, 2.45) is 0 Å². The lowest BCUT2D eigenvalue weighted by atomic mass is 10.3. The summed E-state index contributed by atoms with van der Waals surface area (Å²) in [6.07, 6.45) is 0. The Morgan fingerprint density at radius 2 is 2.13 bits per heavy atom. The van der Waals surface area contributed by atoms with Crippen LogP contribution in [0.1, 0.15) is 13.8 Å². The number of benzene rings is 1. The molecule has 15 heavy (non-hydrogen) atoms. The number of aromatic hydroxyl groups is 1. The number of carbonyl (C=O) groups is 1. The lowest BCUT2D eigenvalue weighted by Crippen LogP contribution is -2.34. The quantitative estimate of drug-likeness (QED) is 0.682. The van der Waals surface area contributed by atoms with E-state index in [1.54, 1.807) is 6.07 Å². The molecule has 0 heterocycles. The standard InChI is InChI=1S/C10H13ClN2O2/c1-6(2)12-10(15)13-8-5-7(11)3-4-9(8)14/h3-6,14H,1-2H3,(H2,12,13,15). The van der Waals surface area contributed by atoms with E-state index in [4.69, 9.17) is 11.6 Å². The normalized spacial score (nSPS) is 10.1. The van der Waals surface area contributed by atoms with Gasteiger partial charge in [-0.2, -0.15) is 0 Å². The Morgan fingerprint density at radius 3 is 2.73 bits per heavy atom. The largest absolute Gasteiger partial charge is 0.506 e. The first kappa shape index (κ1) is 11.7. The minimum Gasteiger partial charge on any atom is -0.506 e. The van der Waals surface area contributed by atoms with E-state index in [-0.39, 0.29) is 17.8 Å². The number of anilines is 1. The lowest BCUT2D eigenvalue weighted by molar-refractivity contribution is 0.250. The van der Waals surface area contributed by atoms with E-state index in [0.29, 0.717) is 10.7 Å². The molecule has 5 heteroatoms. The summed E-state index contributed by atoms with van der Waals surface area (Å²) in [4.78, 5) is 11.3. The maximum absolute atomic E-state index is 11.3. The number of hydrogen-bond donors (Lipinski definition) is 3. The van der Waals surface area contributed by atoms with Crippen molar-refractivity contribution in [1.82, 2.24) is 5.32 Å². The molecular weight excluding hydrogens is 216 g/mol. The van der Waals surface area contributed by atoms with Crippen LogP contribution in [0.2, 0.25) is 5.02 Å². The van der Waals surface area contributed by atoms with Crippen molar-refractivity contribution < 1.29 is 9.90 Å². The molecule has 3 N–H and O–H groups in total. The van der Waals surface area contributed by atoms with Gasteiger partial charge in [0.2, 0.25) is 0 Å². The van der Waals surface area contributed by atoms with Gasteiger partial charge in [0.25, 0.3) is 0 Å². The van der Waals surface area contributed by atoms with Crippen molar-refractivity contribution in [3.8, 4) is 5.75 Å². The summed E-state index contributed by atoms with van der Waals surface area (Å²) in [6.45, 7) is 3.69. The summed E-state index contributed by atoms with van der Waals surface area (Å²) in [5.74, 6) is -0.0155. The summed E-state index contributed by atoms with van der Waals surface area (Å²) in [6, 6.07) is 4.11. The zero-order valence-electron chi connectivity index (χ0n) is 8.54. The maximum Gasteiger partial charge on any atom is 0.319 e. The van der Waals surface area contributed by atoms with E-state index in [1.165, 1.54) is 12.1 Å². The molecule has 0 fully saturated rings. The summed E-state index contributed by atoms with van der Waals surface area (Å²) in [7, 11) is 0. The molecule has 0 saturated carbocycles. The molecule has 2 amide bonds. The van der Waals surface area contributed by atoms with Gasteiger partial charge in [0, 0.05) is 11.1 Å².